The summed E-state index contributed by atoms with van der Waals surface area (Å²) in [4.78, 5) is 28.4. The summed E-state index contributed by atoms with van der Waals surface area (Å²) >= 11 is 1.65. The van der Waals surface area contributed by atoms with E-state index in [1.165, 1.54) is 0 Å². The van der Waals surface area contributed by atoms with E-state index in [1.807, 2.05) is 12.1 Å². The molecule has 0 radical (unpaired) electrons. The van der Waals surface area contributed by atoms with Crippen molar-refractivity contribution in [3.05, 3.63) is 24.2 Å². The number of hydrogen-bond donors (Lipinski definition) is 0. The number of amides is 2. The van der Waals surface area contributed by atoms with E-state index < -0.39 is 0 Å². The van der Waals surface area contributed by atoms with E-state index in [1.54, 1.807) is 34.9 Å². The van der Waals surface area contributed by atoms with Crippen molar-refractivity contribution in [3.63, 3.8) is 0 Å². The van der Waals surface area contributed by atoms with E-state index in [0.717, 1.165) is 12.2 Å². The van der Waals surface area contributed by atoms with Gasteiger partial charge in [-0.15, -0.1) is 11.8 Å². The Kier molecular flexibility index (Phi) is 3.97. The van der Waals surface area contributed by atoms with Gasteiger partial charge in [-0.05, 0) is 24.5 Å². The molecule has 114 valence electrons. The summed E-state index contributed by atoms with van der Waals surface area (Å²) < 4.78 is 5.27. The molecule has 1 aromatic rings. The Labute approximate surface area is 128 Å². The molecule has 2 amide bonds. The van der Waals surface area contributed by atoms with Crippen molar-refractivity contribution in [2.75, 3.05) is 18.7 Å². The highest BCUT2D eigenvalue weighted by Crippen LogP contribution is 2.41. The average Bonchev–Trinajstić information content (AvgIpc) is 2.90. The maximum Gasteiger partial charge on any atom is 0.246 e. The molecule has 5 nitrogen and oxygen atoms in total. The lowest BCUT2D eigenvalue weighted by atomic mass is 10.2. The molecule has 0 N–H and O–H groups in total. The summed E-state index contributed by atoms with van der Waals surface area (Å²) in [5.74, 6) is 2.83. The largest absolute Gasteiger partial charge is 0.467 e. The number of hydrogen-bond acceptors (Lipinski definition) is 4. The molecule has 0 aromatic carbocycles. The Morgan fingerprint density at radius 2 is 2.29 bits per heavy atom. The van der Waals surface area contributed by atoms with E-state index in [2.05, 4.69) is 6.92 Å². The van der Waals surface area contributed by atoms with Crippen LogP contribution >= 0.6 is 11.8 Å². The highest BCUT2D eigenvalue weighted by atomic mass is 32.2. The second kappa shape index (κ2) is 5.75. The molecule has 0 bridgehead atoms. The van der Waals surface area contributed by atoms with Crippen LogP contribution in [0.25, 0.3) is 0 Å². The van der Waals surface area contributed by atoms with E-state index >= 15 is 0 Å². The number of furan rings is 1. The van der Waals surface area contributed by atoms with Crippen molar-refractivity contribution in [1.29, 1.82) is 0 Å². The standard InChI is InChI=1S/C15H20N2O3S/c1-10-6-12(10)14(18)17-9-21-8-13(17)15(19)16(2)7-11-4-3-5-20-11/h3-5,10,12-13H,6-9H2,1-2H3/t10-,12-,13+/m1/s1. The van der Waals surface area contributed by atoms with Gasteiger partial charge in [0.1, 0.15) is 11.8 Å². The minimum atomic E-state index is -0.324. The molecular formula is C15H20N2O3S. The average molecular weight is 308 g/mol. The first-order valence-corrected chi connectivity index (χ1v) is 8.39. The van der Waals surface area contributed by atoms with Crippen LogP contribution in [0.1, 0.15) is 19.1 Å². The van der Waals surface area contributed by atoms with Crippen LogP contribution in [-0.2, 0) is 16.1 Å². The van der Waals surface area contributed by atoms with Crippen molar-refractivity contribution in [2.24, 2.45) is 11.8 Å². The van der Waals surface area contributed by atoms with Gasteiger partial charge >= 0.3 is 0 Å². The summed E-state index contributed by atoms with van der Waals surface area (Å²) in [7, 11) is 1.76. The number of carbonyl (C=O) groups is 2. The first-order chi connectivity index (χ1) is 10.1. The molecule has 2 fully saturated rings. The fraction of sp³-hybridized carbons (Fsp3) is 0.600. The van der Waals surface area contributed by atoms with Gasteiger partial charge in [0.2, 0.25) is 11.8 Å². The molecule has 1 aliphatic heterocycles. The topological polar surface area (TPSA) is 53.8 Å². The Hall–Kier alpha value is -1.43. The van der Waals surface area contributed by atoms with E-state index in [4.69, 9.17) is 4.42 Å². The Morgan fingerprint density at radius 1 is 1.52 bits per heavy atom. The maximum atomic E-state index is 12.6. The number of rotatable bonds is 4. The van der Waals surface area contributed by atoms with Gasteiger partial charge in [-0.2, -0.15) is 0 Å². The Morgan fingerprint density at radius 3 is 2.90 bits per heavy atom. The number of nitrogens with zero attached hydrogens (tertiary/aromatic N) is 2. The van der Waals surface area contributed by atoms with Crippen molar-refractivity contribution >= 4 is 23.6 Å². The SMILES string of the molecule is C[C@@H]1C[C@H]1C(=O)N1CSC[C@H]1C(=O)N(C)Cc1ccco1. The van der Waals surface area contributed by atoms with Crippen LogP contribution in [0, 0.1) is 11.8 Å². The van der Waals surface area contributed by atoms with Crippen molar-refractivity contribution in [1.82, 2.24) is 9.80 Å². The molecule has 2 aliphatic rings. The quantitative estimate of drug-likeness (QED) is 0.851. The lowest BCUT2D eigenvalue weighted by molar-refractivity contribution is -0.143. The van der Waals surface area contributed by atoms with Gasteiger partial charge in [-0.3, -0.25) is 9.59 Å². The second-order valence-corrected chi connectivity index (χ2v) is 6.92. The van der Waals surface area contributed by atoms with Gasteiger partial charge in [-0.1, -0.05) is 6.92 Å². The summed E-state index contributed by atoms with van der Waals surface area (Å²) in [6.07, 6.45) is 2.56. The predicted molar refractivity (Wildman–Crippen MR) is 80.4 cm³/mol. The van der Waals surface area contributed by atoms with Crippen LogP contribution in [-0.4, -0.2) is 46.3 Å². The maximum absolute atomic E-state index is 12.6. The molecule has 0 unspecified atom stereocenters. The third kappa shape index (κ3) is 2.95. The summed E-state index contributed by atoms with van der Waals surface area (Å²) in [5, 5.41) is 0. The smallest absolute Gasteiger partial charge is 0.246 e. The molecule has 3 atom stereocenters. The molecule has 1 saturated carbocycles. The molecule has 1 aliphatic carbocycles. The van der Waals surface area contributed by atoms with E-state index in [-0.39, 0.29) is 23.8 Å². The second-order valence-electron chi connectivity index (χ2n) is 5.92. The molecule has 6 heteroatoms. The normalized spacial score (nSPS) is 27.7. The molecule has 1 aromatic heterocycles. The fourth-order valence-corrected chi connectivity index (χ4v) is 3.87. The molecular weight excluding hydrogens is 288 g/mol. The number of likely N-dealkylation sites (N-methyl/N-ethyl adjacent to an activating group) is 1. The van der Waals surface area contributed by atoms with Gasteiger partial charge in [0.15, 0.2) is 0 Å². The zero-order valence-corrected chi connectivity index (χ0v) is 13.1. The van der Waals surface area contributed by atoms with Gasteiger partial charge in [0.05, 0.1) is 18.7 Å². The lowest BCUT2D eigenvalue weighted by Gasteiger charge is -2.27. The van der Waals surface area contributed by atoms with E-state index in [9.17, 15) is 9.59 Å². The Balaban J connectivity index is 1.63. The Bertz CT molecular complexity index is 531. The third-order valence-corrected chi connectivity index (χ3v) is 5.24. The molecule has 2 heterocycles. The summed E-state index contributed by atoms with van der Waals surface area (Å²) in [6, 6.07) is 3.33. The van der Waals surface area contributed by atoms with Gasteiger partial charge < -0.3 is 14.2 Å². The minimum Gasteiger partial charge on any atom is -0.467 e. The highest BCUT2D eigenvalue weighted by molar-refractivity contribution is 7.99. The van der Waals surface area contributed by atoms with Crippen LogP contribution in [0.2, 0.25) is 0 Å². The molecule has 1 saturated heterocycles. The monoisotopic (exact) mass is 308 g/mol. The van der Waals surface area contributed by atoms with Crippen LogP contribution < -0.4 is 0 Å². The van der Waals surface area contributed by atoms with E-state index in [0.29, 0.717) is 24.1 Å². The van der Waals surface area contributed by atoms with Gasteiger partial charge in [-0.25, -0.2) is 0 Å². The summed E-state index contributed by atoms with van der Waals surface area (Å²) in [5.41, 5.74) is 0. The number of thioether (sulfide) groups is 1. The van der Waals surface area contributed by atoms with Crippen molar-refractivity contribution < 1.29 is 14.0 Å². The van der Waals surface area contributed by atoms with Crippen LogP contribution in [0.3, 0.4) is 0 Å². The van der Waals surface area contributed by atoms with Crippen molar-refractivity contribution in [3.8, 4) is 0 Å². The zero-order chi connectivity index (χ0) is 15.0. The van der Waals surface area contributed by atoms with Crippen LogP contribution in [0.4, 0.5) is 0 Å². The zero-order valence-electron chi connectivity index (χ0n) is 12.3. The van der Waals surface area contributed by atoms with Crippen molar-refractivity contribution in [2.45, 2.75) is 25.9 Å². The fourth-order valence-electron chi connectivity index (χ4n) is 2.71. The first kappa shape index (κ1) is 14.5. The van der Waals surface area contributed by atoms with Crippen LogP contribution in [0.15, 0.2) is 22.8 Å². The van der Waals surface area contributed by atoms with Gasteiger partial charge in [0, 0.05) is 18.7 Å². The summed E-state index contributed by atoms with van der Waals surface area (Å²) in [6.45, 7) is 2.53. The first-order valence-electron chi connectivity index (χ1n) is 7.23. The molecule has 3 rings (SSSR count). The highest BCUT2D eigenvalue weighted by Gasteiger charge is 2.46. The number of carbonyl (C=O) groups excluding carboxylic acids is 2. The molecule has 21 heavy (non-hydrogen) atoms. The third-order valence-electron chi connectivity index (χ3n) is 4.23. The van der Waals surface area contributed by atoms with Crippen LogP contribution in [0.5, 0.6) is 0 Å². The lowest BCUT2D eigenvalue weighted by Crippen LogP contribution is -2.48. The van der Waals surface area contributed by atoms with Gasteiger partial charge in [0.25, 0.3) is 0 Å². The minimum absolute atomic E-state index is 0.00180. The molecule has 0 spiro atoms. The predicted octanol–water partition coefficient (Wildman–Crippen LogP) is 1.80.